The second kappa shape index (κ2) is 6.34. The molecule has 2 heterocycles. The summed E-state index contributed by atoms with van der Waals surface area (Å²) in [6.45, 7) is 2.05. The lowest BCUT2D eigenvalue weighted by atomic mass is 10.1. The second-order valence-corrected chi connectivity index (χ2v) is 6.76. The summed E-state index contributed by atoms with van der Waals surface area (Å²) in [5.74, 6) is -1.25. The molecule has 0 fully saturated rings. The Labute approximate surface area is 152 Å². The average molecular weight is 367 g/mol. The molecule has 0 saturated heterocycles. The van der Waals surface area contributed by atoms with Crippen LogP contribution < -0.4 is 15.9 Å². The van der Waals surface area contributed by atoms with Crippen LogP contribution in [0.2, 0.25) is 0 Å². The Kier molecular flexibility index (Phi) is 4.00. The van der Waals surface area contributed by atoms with Crippen LogP contribution in [0.5, 0.6) is 5.88 Å². The maximum atomic E-state index is 13.6. The molecule has 7 heteroatoms. The van der Waals surface area contributed by atoms with Gasteiger partial charge in [0.15, 0.2) is 5.13 Å². The molecular formula is C19H14FN3O2S. The van der Waals surface area contributed by atoms with Gasteiger partial charge in [-0.1, -0.05) is 36.5 Å². The number of nitrogens with zero attached hydrogens (tertiary/aromatic N) is 2. The Morgan fingerprint density at radius 1 is 1.23 bits per heavy atom. The monoisotopic (exact) mass is 367 g/mol. The summed E-state index contributed by atoms with van der Waals surface area (Å²) in [5.41, 5.74) is 2.16. The van der Waals surface area contributed by atoms with Gasteiger partial charge in [-0.05, 0) is 36.2 Å². The van der Waals surface area contributed by atoms with Crippen molar-refractivity contribution in [3.05, 3.63) is 69.3 Å². The number of amides is 1. The van der Waals surface area contributed by atoms with E-state index in [-0.39, 0.29) is 16.3 Å². The number of hydrogen-bond donors (Lipinski definition) is 2. The molecule has 0 unspecified atom stereocenters. The van der Waals surface area contributed by atoms with Crippen LogP contribution in [0.1, 0.15) is 17.4 Å². The first-order valence-electron chi connectivity index (χ1n) is 8.05. The van der Waals surface area contributed by atoms with Crippen LogP contribution in [0, 0.1) is 5.82 Å². The number of nitrogens with one attached hydrogen (secondary N) is 1. The van der Waals surface area contributed by atoms with E-state index in [2.05, 4.69) is 15.3 Å². The van der Waals surface area contributed by atoms with E-state index in [9.17, 15) is 14.3 Å². The van der Waals surface area contributed by atoms with Crippen LogP contribution in [0.15, 0.2) is 47.5 Å². The molecule has 0 radical (unpaired) electrons. The number of aryl methyl sites for hydroxylation is 1. The van der Waals surface area contributed by atoms with Gasteiger partial charge in [0.05, 0.1) is 10.9 Å². The lowest BCUT2D eigenvalue weighted by Gasteiger charge is -2.07. The van der Waals surface area contributed by atoms with Crippen molar-refractivity contribution in [2.24, 2.45) is 4.99 Å². The molecule has 1 amide bonds. The zero-order chi connectivity index (χ0) is 18.3. The van der Waals surface area contributed by atoms with Gasteiger partial charge in [-0.25, -0.2) is 9.38 Å². The van der Waals surface area contributed by atoms with Crippen LogP contribution in [0.4, 0.5) is 15.2 Å². The minimum atomic E-state index is -0.509. The van der Waals surface area contributed by atoms with Gasteiger partial charge >= 0.3 is 0 Å². The second-order valence-electron chi connectivity index (χ2n) is 5.76. The van der Waals surface area contributed by atoms with Gasteiger partial charge in [0.25, 0.3) is 5.91 Å². The highest BCUT2D eigenvalue weighted by molar-refractivity contribution is 7.17. The van der Waals surface area contributed by atoms with Gasteiger partial charge in [0, 0.05) is 10.9 Å². The van der Waals surface area contributed by atoms with Gasteiger partial charge in [-0.15, -0.1) is 0 Å². The van der Waals surface area contributed by atoms with Crippen molar-refractivity contribution < 1.29 is 14.3 Å². The topological polar surface area (TPSA) is 74.6 Å². The van der Waals surface area contributed by atoms with Crippen molar-refractivity contribution in [1.29, 1.82) is 0 Å². The summed E-state index contributed by atoms with van der Waals surface area (Å²) in [5, 5.41) is 14.6. The fourth-order valence-electron chi connectivity index (χ4n) is 2.90. The highest BCUT2D eigenvalue weighted by Gasteiger charge is 2.25. The van der Waals surface area contributed by atoms with E-state index in [4.69, 9.17) is 0 Å². The van der Waals surface area contributed by atoms with Crippen molar-refractivity contribution >= 4 is 33.6 Å². The number of aromatic hydroxyl groups is 1. The summed E-state index contributed by atoms with van der Waals surface area (Å²) in [7, 11) is 0. The molecule has 2 N–H and O–H groups in total. The molecule has 0 aliphatic carbocycles. The van der Waals surface area contributed by atoms with E-state index in [0.29, 0.717) is 15.7 Å². The van der Waals surface area contributed by atoms with E-state index in [1.165, 1.54) is 18.2 Å². The molecule has 0 atom stereocenters. The largest absolute Gasteiger partial charge is 0.492 e. The fraction of sp³-hybridized carbons (Fsp3) is 0.105. The number of aromatic nitrogens is 1. The first-order valence-corrected chi connectivity index (χ1v) is 8.86. The number of para-hydroxylation sites is 1. The first-order chi connectivity index (χ1) is 12.6. The SMILES string of the molecule is CCc1ccccc1Nc1nc(O)c(C2=c3cc(F)ccc3=NC2=O)s1. The summed E-state index contributed by atoms with van der Waals surface area (Å²) < 4.78 is 13.6. The molecule has 1 aromatic heterocycles. The Bertz CT molecular complexity index is 1150. The third kappa shape index (κ3) is 2.76. The normalized spacial score (nSPS) is 12.8. The number of halogens is 1. The Balaban J connectivity index is 1.80. The summed E-state index contributed by atoms with van der Waals surface area (Å²) in [4.78, 5) is 20.6. The first kappa shape index (κ1) is 16.4. The Morgan fingerprint density at radius 3 is 2.85 bits per heavy atom. The quantitative estimate of drug-likeness (QED) is 0.743. The van der Waals surface area contributed by atoms with Crippen LogP contribution >= 0.6 is 11.3 Å². The summed E-state index contributed by atoms with van der Waals surface area (Å²) in [6.07, 6.45) is 0.842. The van der Waals surface area contributed by atoms with E-state index in [0.717, 1.165) is 29.0 Å². The molecule has 2 aromatic carbocycles. The van der Waals surface area contributed by atoms with Gasteiger partial charge < -0.3 is 10.4 Å². The van der Waals surface area contributed by atoms with Gasteiger partial charge in [-0.2, -0.15) is 4.98 Å². The molecule has 0 saturated carbocycles. The number of fused-ring (bicyclic) bond motifs is 1. The molecule has 4 rings (SSSR count). The van der Waals surface area contributed by atoms with Crippen LogP contribution in [0.25, 0.3) is 5.57 Å². The van der Waals surface area contributed by atoms with Crippen molar-refractivity contribution in [3.63, 3.8) is 0 Å². The molecule has 26 heavy (non-hydrogen) atoms. The number of carbonyl (C=O) groups excluding carboxylic acids is 1. The smallest absolute Gasteiger partial charge is 0.279 e. The summed E-state index contributed by atoms with van der Waals surface area (Å²) >= 11 is 1.13. The molecule has 0 spiro atoms. The minimum absolute atomic E-state index is 0.173. The van der Waals surface area contributed by atoms with Crippen LogP contribution in [-0.4, -0.2) is 16.0 Å². The summed E-state index contributed by atoms with van der Waals surface area (Å²) in [6, 6.07) is 11.7. The highest BCUT2D eigenvalue weighted by Crippen LogP contribution is 2.35. The Hall–Kier alpha value is -3.06. The molecule has 1 aliphatic heterocycles. The van der Waals surface area contributed by atoms with E-state index in [1.54, 1.807) is 0 Å². The van der Waals surface area contributed by atoms with Crippen LogP contribution in [-0.2, 0) is 11.2 Å². The fourth-order valence-corrected chi connectivity index (χ4v) is 3.82. The van der Waals surface area contributed by atoms with E-state index < -0.39 is 11.7 Å². The van der Waals surface area contributed by atoms with E-state index >= 15 is 0 Å². The van der Waals surface area contributed by atoms with Crippen molar-refractivity contribution in [1.82, 2.24) is 4.98 Å². The predicted molar refractivity (Wildman–Crippen MR) is 97.6 cm³/mol. The third-order valence-electron chi connectivity index (χ3n) is 4.14. The number of carbonyl (C=O) groups is 1. The molecule has 3 aromatic rings. The van der Waals surface area contributed by atoms with E-state index in [1.807, 2.05) is 31.2 Å². The average Bonchev–Trinajstić information content (AvgIpc) is 3.13. The number of benzene rings is 2. The predicted octanol–water partition coefficient (Wildman–Crippen LogP) is 2.65. The highest BCUT2D eigenvalue weighted by atomic mass is 32.1. The van der Waals surface area contributed by atoms with Gasteiger partial charge in [0.1, 0.15) is 10.7 Å². The lowest BCUT2D eigenvalue weighted by molar-refractivity contribution is -0.112. The maximum Gasteiger partial charge on any atom is 0.279 e. The van der Waals surface area contributed by atoms with Crippen molar-refractivity contribution in [2.45, 2.75) is 13.3 Å². The van der Waals surface area contributed by atoms with Crippen molar-refractivity contribution in [3.8, 4) is 5.88 Å². The van der Waals surface area contributed by atoms with Gasteiger partial charge in [0.2, 0.25) is 5.88 Å². The molecule has 1 aliphatic rings. The lowest BCUT2D eigenvalue weighted by Crippen LogP contribution is -2.23. The Morgan fingerprint density at radius 2 is 2.04 bits per heavy atom. The number of hydrogen-bond acceptors (Lipinski definition) is 5. The number of rotatable bonds is 4. The maximum absolute atomic E-state index is 13.6. The minimum Gasteiger partial charge on any atom is -0.492 e. The van der Waals surface area contributed by atoms with Gasteiger partial charge in [-0.3, -0.25) is 4.79 Å². The molecule has 0 bridgehead atoms. The number of anilines is 2. The molecule has 130 valence electrons. The number of thiazole rings is 1. The molecular weight excluding hydrogens is 353 g/mol. The molecule has 5 nitrogen and oxygen atoms in total. The zero-order valence-corrected chi connectivity index (χ0v) is 14.6. The third-order valence-corrected chi connectivity index (χ3v) is 5.12. The van der Waals surface area contributed by atoms with Crippen LogP contribution in [0.3, 0.4) is 0 Å². The zero-order valence-electron chi connectivity index (χ0n) is 13.8. The van der Waals surface area contributed by atoms with Crippen molar-refractivity contribution in [2.75, 3.05) is 5.32 Å². The standard InChI is InChI=1S/C19H14FN3O2S/c1-2-10-5-3-4-6-13(10)22-19-23-18(25)16(26-19)15-12-9-11(20)7-8-14(12)21-17(15)24/h3-9,25H,2H2,1H3,(H,22,23).